The lowest BCUT2D eigenvalue weighted by atomic mass is 10.0. The van der Waals surface area contributed by atoms with Crippen LogP contribution in [-0.4, -0.2) is 59.5 Å². The minimum atomic E-state index is 0.0688. The van der Waals surface area contributed by atoms with Gasteiger partial charge in [0.1, 0.15) is 5.56 Å². The lowest BCUT2D eigenvalue weighted by Crippen LogP contribution is -2.47. The fraction of sp³-hybridized carbons (Fsp3) is 0.647. The molecule has 0 spiro atoms. The Morgan fingerprint density at radius 1 is 1.32 bits per heavy atom. The zero-order valence-corrected chi connectivity index (χ0v) is 13.5. The number of aromatic nitrogens is 1. The molecule has 0 bridgehead atoms. The second-order valence-electron chi connectivity index (χ2n) is 6.19. The fourth-order valence-electron chi connectivity index (χ4n) is 3.83. The van der Waals surface area contributed by atoms with E-state index in [1.807, 2.05) is 24.0 Å². The van der Waals surface area contributed by atoms with Crippen LogP contribution in [0.1, 0.15) is 43.0 Å². The Hall–Kier alpha value is -1.62. The first-order valence-corrected chi connectivity index (χ1v) is 8.31. The molecule has 1 amide bonds. The maximum absolute atomic E-state index is 13.0. The molecule has 0 N–H and O–H groups in total. The van der Waals surface area contributed by atoms with Crippen LogP contribution in [0.15, 0.2) is 18.3 Å². The predicted molar refractivity (Wildman–Crippen MR) is 85.1 cm³/mol. The van der Waals surface area contributed by atoms with Gasteiger partial charge in [0.05, 0.1) is 6.61 Å². The highest BCUT2D eigenvalue weighted by Crippen LogP contribution is 2.31. The van der Waals surface area contributed by atoms with Crippen LogP contribution < -0.4 is 4.74 Å². The highest BCUT2D eigenvalue weighted by Gasteiger charge is 2.39. The van der Waals surface area contributed by atoms with Crippen molar-refractivity contribution in [3.8, 4) is 5.88 Å². The van der Waals surface area contributed by atoms with Gasteiger partial charge in [-0.15, -0.1) is 0 Å². The number of pyridine rings is 1. The minimum Gasteiger partial charge on any atom is -0.477 e. The summed E-state index contributed by atoms with van der Waals surface area (Å²) in [7, 11) is 2.17. The number of likely N-dealkylation sites (N-methyl/N-ethyl adjacent to an activating group) is 1. The van der Waals surface area contributed by atoms with Crippen LogP contribution in [0.5, 0.6) is 5.88 Å². The summed E-state index contributed by atoms with van der Waals surface area (Å²) in [6.45, 7) is 4.41. The second-order valence-corrected chi connectivity index (χ2v) is 6.19. The van der Waals surface area contributed by atoms with Crippen molar-refractivity contribution in [2.75, 3.05) is 26.7 Å². The largest absolute Gasteiger partial charge is 0.477 e. The van der Waals surface area contributed by atoms with Crippen molar-refractivity contribution in [1.82, 2.24) is 14.8 Å². The van der Waals surface area contributed by atoms with Gasteiger partial charge in [-0.05, 0) is 58.3 Å². The van der Waals surface area contributed by atoms with Gasteiger partial charge >= 0.3 is 0 Å². The number of likely N-dealkylation sites (tertiary alicyclic amines) is 2. The van der Waals surface area contributed by atoms with Gasteiger partial charge in [-0.2, -0.15) is 0 Å². The van der Waals surface area contributed by atoms with Crippen molar-refractivity contribution < 1.29 is 9.53 Å². The number of carbonyl (C=O) groups is 1. The molecule has 0 saturated carbocycles. The molecule has 1 aromatic heterocycles. The van der Waals surface area contributed by atoms with Crippen molar-refractivity contribution in [3.05, 3.63) is 23.9 Å². The van der Waals surface area contributed by atoms with Crippen LogP contribution in [0.25, 0.3) is 0 Å². The number of hydrogen-bond acceptors (Lipinski definition) is 4. The molecule has 5 nitrogen and oxygen atoms in total. The normalized spacial score (nSPS) is 25.6. The molecule has 2 atom stereocenters. The van der Waals surface area contributed by atoms with E-state index in [0.717, 1.165) is 25.9 Å². The summed E-state index contributed by atoms with van der Waals surface area (Å²) < 4.78 is 5.53. The molecule has 2 aliphatic heterocycles. The third-order valence-electron chi connectivity index (χ3n) is 4.86. The van der Waals surface area contributed by atoms with E-state index in [1.165, 1.54) is 12.8 Å². The molecule has 0 aliphatic carbocycles. The van der Waals surface area contributed by atoms with Crippen molar-refractivity contribution in [1.29, 1.82) is 0 Å². The summed E-state index contributed by atoms with van der Waals surface area (Å²) >= 11 is 0. The summed E-state index contributed by atoms with van der Waals surface area (Å²) in [5, 5.41) is 0. The summed E-state index contributed by atoms with van der Waals surface area (Å²) in [6.07, 6.45) is 6.29. The zero-order chi connectivity index (χ0) is 15.5. The summed E-state index contributed by atoms with van der Waals surface area (Å²) in [5.41, 5.74) is 0.594. The molecule has 2 unspecified atom stereocenters. The lowest BCUT2D eigenvalue weighted by Gasteiger charge is -2.33. The van der Waals surface area contributed by atoms with Gasteiger partial charge in [0.25, 0.3) is 5.91 Å². The van der Waals surface area contributed by atoms with Gasteiger partial charge < -0.3 is 14.5 Å². The van der Waals surface area contributed by atoms with Gasteiger partial charge in [0.2, 0.25) is 5.88 Å². The molecule has 3 heterocycles. The fourth-order valence-corrected chi connectivity index (χ4v) is 3.83. The van der Waals surface area contributed by atoms with Crippen LogP contribution in [0.2, 0.25) is 0 Å². The van der Waals surface area contributed by atoms with Crippen LogP contribution in [-0.2, 0) is 0 Å². The number of hydrogen-bond donors (Lipinski definition) is 0. The molecule has 2 fully saturated rings. The predicted octanol–water partition coefficient (Wildman–Crippen LogP) is 2.18. The average molecular weight is 303 g/mol. The molecule has 3 rings (SSSR count). The van der Waals surface area contributed by atoms with Gasteiger partial charge in [-0.3, -0.25) is 4.79 Å². The molecule has 0 radical (unpaired) electrons. The third kappa shape index (κ3) is 2.82. The SMILES string of the molecule is CCOc1ncccc1C(=O)N1CCCC1C1CCCN1C. The number of nitrogens with zero attached hydrogens (tertiary/aromatic N) is 3. The summed E-state index contributed by atoms with van der Waals surface area (Å²) in [6, 6.07) is 4.46. The maximum atomic E-state index is 13.0. The minimum absolute atomic E-state index is 0.0688. The van der Waals surface area contributed by atoms with Gasteiger partial charge in [-0.1, -0.05) is 0 Å². The molecule has 2 saturated heterocycles. The molecule has 2 aliphatic rings. The van der Waals surface area contributed by atoms with E-state index in [4.69, 9.17) is 4.74 Å². The first kappa shape index (κ1) is 15.3. The third-order valence-corrected chi connectivity index (χ3v) is 4.86. The average Bonchev–Trinajstić information content (AvgIpc) is 3.15. The van der Waals surface area contributed by atoms with Crippen molar-refractivity contribution in [3.63, 3.8) is 0 Å². The standard InChI is InChI=1S/C17H25N3O2/c1-3-22-16-13(7-4-10-18-16)17(21)20-12-6-9-15(20)14-8-5-11-19(14)2/h4,7,10,14-15H,3,5-6,8-9,11-12H2,1-2H3. The van der Waals surface area contributed by atoms with E-state index in [1.54, 1.807) is 6.20 Å². The van der Waals surface area contributed by atoms with Gasteiger partial charge in [0, 0.05) is 24.8 Å². The molecular formula is C17H25N3O2. The Kier molecular flexibility index (Phi) is 4.62. The number of carbonyl (C=O) groups excluding carboxylic acids is 1. The number of amides is 1. The Morgan fingerprint density at radius 2 is 2.09 bits per heavy atom. The van der Waals surface area contributed by atoms with E-state index in [0.29, 0.717) is 30.1 Å². The summed E-state index contributed by atoms with van der Waals surface area (Å²) in [5.74, 6) is 0.528. The molecular weight excluding hydrogens is 278 g/mol. The van der Waals surface area contributed by atoms with Crippen LogP contribution in [0, 0.1) is 0 Å². The van der Waals surface area contributed by atoms with E-state index >= 15 is 0 Å². The Bertz CT molecular complexity index is 534. The van der Waals surface area contributed by atoms with E-state index < -0.39 is 0 Å². The highest BCUT2D eigenvalue weighted by molar-refractivity contribution is 5.96. The van der Waals surface area contributed by atoms with Crippen LogP contribution in [0.4, 0.5) is 0 Å². The van der Waals surface area contributed by atoms with E-state index in [-0.39, 0.29) is 5.91 Å². The first-order chi connectivity index (χ1) is 10.7. The lowest BCUT2D eigenvalue weighted by molar-refractivity contribution is 0.0659. The number of rotatable bonds is 4. The smallest absolute Gasteiger partial charge is 0.259 e. The van der Waals surface area contributed by atoms with Crippen LogP contribution >= 0.6 is 0 Å². The molecule has 1 aromatic rings. The molecule has 0 aromatic carbocycles. The van der Waals surface area contributed by atoms with Crippen molar-refractivity contribution in [2.45, 2.75) is 44.7 Å². The Balaban J connectivity index is 1.82. The molecule has 22 heavy (non-hydrogen) atoms. The van der Waals surface area contributed by atoms with E-state index in [9.17, 15) is 4.79 Å². The highest BCUT2D eigenvalue weighted by atomic mass is 16.5. The topological polar surface area (TPSA) is 45.7 Å². The van der Waals surface area contributed by atoms with Crippen molar-refractivity contribution in [2.24, 2.45) is 0 Å². The zero-order valence-electron chi connectivity index (χ0n) is 13.5. The Labute approximate surface area is 132 Å². The summed E-state index contributed by atoms with van der Waals surface area (Å²) in [4.78, 5) is 21.7. The van der Waals surface area contributed by atoms with Crippen LogP contribution in [0.3, 0.4) is 0 Å². The maximum Gasteiger partial charge on any atom is 0.259 e. The first-order valence-electron chi connectivity index (χ1n) is 8.31. The number of ether oxygens (including phenoxy) is 1. The molecule has 120 valence electrons. The quantitative estimate of drug-likeness (QED) is 0.855. The van der Waals surface area contributed by atoms with E-state index in [2.05, 4.69) is 16.9 Å². The second kappa shape index (κ2) is 6.65. The Morgan fingerprint density at radius 3 is 2.82 bits per heavy atom. The van der Waals surface area contributed by atoms with Crippen molar-refractivity contribution >= 4 is 5.91 Å². The van der Waals surface area contributed by atoms with Gasteiger partial charge in [0.15, 0.2) is 0 Å². The monoisotopic (exact) mass is 303 g/mol. The molecule has 5 heteroatoms. The van der Waals surface area contributed by atoms with Gasteiger partial charge in [-0.25, -0.2) is 4.98 Å².